The Labute approximate surface area is 125 Å². The van der Waals surface area contributed by atoms with Crippen LogP contribution in [0.5, 0.6) is 0 Å². The number of aliphatic hydroxyl groups is 1. The van der Waals surface area contributed by atoms with Crippen LogP contribution in [0.2, 0.25) is 0 Å². The highest BCUT2D eigenvalue weighted by atomic mass is 16.5. The lowest BCUT2D eigenvalue weighted by Gasteiger charge is -2.24. The van der Waals surface area contributed by atoms with Crippen molar-refractivity contribution in [2.24, 2.45) is 5.92 Å². The number of hydrogen-bond acceptors (Lipinski definition) is 3. The fraction of sp³-hybridized carbons (Fsp3) is 1.00. The molecule has 3 heteroatoms. The molecule has 1 aliphatic carbocycles. The molecule has 0 aromatic heterocycles. The molecule has 0 aromatic rings. The van der Waals surface area contributed by atoms with Gasteiger partial charge in [0.05, 0.1) is 12.7 Å². The van der Waals surface area contributed by atoms with Crippen LogP contribution in [-0.2, 0) is 4.74 Å². The van der Waals surface area contributed by atoms with Crippen LogP contribution in [0.1, 0.15) is 71.6 Å². The molecule has 2 N–H and O–H groups in total. The topological polar surface area (TPSA) is 41.5 Å². The number of unbranched alkanes of at least 4 members (excludes halogenated alkanes) is 3. The Balaban J connectivity index is 2.02. The zero-order chi connectivity index (χ0) is 14.6. The first-order valence-electron chi connectivity index (χ1n) is 8.73. The van der Waals surface area contributed by atoms with Crippen LogP contribution >= 0.6 is 0 Å². The Hall–Kier alpha value is -0.120. The molecule has 120 valence electrons. The molecule has 0 aromatic carbocycles. The predicted octanol–water partition coefficient (Wildman–Crippen LogP) is 3.50. The quantitative estimate of drug-likeness (QED) is 0.477. The average molecular weight is 285 g/mol. The van der Waals surface area contributed by atoms with Gasteiger partial charge in [-0.25, -0.2) is 0 Å². The number of hydrogen-bond donors (Lipinski definition) is 2. The minimum absolute atomic E-state index is 0.364. The predicted molar refractivity (Wildman–Crippen MR) is 85.0 cm³/mol. The van der Waals surface area contributed by atoms with Gasteiger partial charge < -0.3 is 15.2 Å². The van der Waals surface area contributed by atoms with Crippen molar-refractivity contribution in [3.8, 4) is 0 Å². The highest BCUT2D eigenvalue weighted by Gasteiger charge is 2.20. The van der Waals surface area contributed by atoms with E-state index in [0.717, 1.165) is 18.9 Å². The van der Waals surface area contributed by atoms with Gasteiger partial charge in [0, 0.05) is 19.2 Å². The second kappa shape index (κ2) is 11.5. The second-order valence-electron chi connectivity index (χ2n) is 6.42. The van der Waals surface area contributed by atoms with Crippen molar-refractivity contribution < 1.29 is 9.84 Å². The van der Waals surface area contributed by atoms with Crippen molar-refractivity contribution in [3.63, 3.8) is 0 Å². The van der Waals surface area contributed by atoms with E-state index in [1.165, 1.54) is 51.4 Å². The van der Waals surface area contributed by atoms with Crippen LogP contribution in [0.4, 0.5) is 0 Å². The number of nitrogens with one attached hydrogen (secondary N) is 1. The molecule has 0 bridgehead atoms. The molecule has 0 aliphatic heterocycles. The number of ether oxygens (including phenoxy) is 1. The van der Waals surface area contributed by atoms with E-state index in [9.17, 15) is 5.11 Å². The van der Waals surface area contributed by atoms with E-state index in [4.69, 9.17) is 4.74 Å². The third kappa shape index (κ3) is 8.23. The summed E-state index contributed by atoms with van der Waals surface area (Å²) < 4.78 is 5.54. The lowest BCUT2D eigenvalue weighted by molar-refractivity contribution is 0.0330. The minimum atomic E-state index is -0.364. The van der Waals surface area contributed by atoms with E-state index in [-0.39, 0.29) is 6.10 Å². The van der Waals surface area contributed by atoms with Gasteiger partial charge >= 0.3 is 0 Å². The number of rotatable bonds is 10. The molecular formula is C17H35NO2. The summed E-state index contributed by atoms with van der Waals surface area (Å²) in [6, 6.07) is 0.580. The summed E-state index contributed by atoms with van der Waals surface area (Å²) in [6.45, 7) is 6.48. The summed E-state index contributed by atoms with van der Waals surface area (Å²) in [4.78, 5) is 0. The van der Waals surface area contributed by atoms with Crippen molar-refractivity contribution >= 4 is 0 Å². The molecule has 1 aliphatic rings. The number of aliphatic hydroxyl groups excluding tert-OH is 1. The molecule has 1 saturated carbocycles. The van der Waals surface area contributed by atoms with Crippen LogP contribution in [0.3, 0.4) is 0 Å². The van der Waals surface area contributed by atoms with Crippen molar-refractivity contribution in [2.45, 2.75) is 83.8 Å². The SMILES string of the molecule is CCCCCCOCC(O)CNC1CCCCCC1C. The normalized spacial score (nSPS) is 25.4. The van der Waals surface area contributed by atoms with Gasteiger partial charge in [0.15, 0.2) is 0 Å². The van der Waals surface area contributed by atoms with Crippen LogP contribution < -0.4 is 5.32 Å². The van der Waals surface area contributed by atoms with E-state index in [0.29, 0.717) is 19.2 Å². The first kappa shape index (κ1) is 17.9. The molecule has 0 heterocycles. The van der Waals surface area contributed by atoms with Crippen LogP contribution in [0, 0.1) is 5.92 Å². The molecule has 0 saturated heterocycles. The third-order valence-corrected chi connectivity index (χ3v) is 4.43. The summed E-state index contributed by atoms with van der Waals surface area (Å²) in [5.74, 6) is 0.736. The van der Waals surface area contributed by atoms with Gasteiger partial charge in [-0.3, -0.25) is 0 Å². The zero-order valence-corrected chi connectivity index (χ0v) is 13.6. The Bertz CT molecular complexity index is 223. The molecule has 0 spiro atoms. The highest BCUT2D eigenvalue weighted by Crippen LogP contribution is 2.22. The van der Waals surface area contributed by atoms with E-state index in [2.05, 4.69) is 19.2 Å². The summed E-state index contributed by atoms with van der Waals surface area (Å²) in [7, 11) is 0. The monoisotopic (exact) mass is 285 g/mol. The largest absolute Gasteiger partial charge is 0.389 e. The van der Waals surface area contributed by atoms with Crippen molar-refractivity contribution in [2.75, 3.05) is 19.8 Å². The van der Waals surface area contributed by atoms with Gasteiger partial charge in [0.2, 0.25) is 0 Å². The molecule has 1 rings (SSSR count). The third-order valence-electron chi connectivity index (χ3n) is 4.43. The van der Waals surface area contributed by atoms with E-state index >= 15 is 0 Å². The second-order valence-corrected chi connectivity index (χ2v) is 6.42. The first-order chi connectivity index (χ1) is 9.74. The average Bonchev–Trinajstić information content (AvgIpc) is 2.65. The molecule has 3 unspecified atom stereocenters. The zero-order valence-electron chi connectivity index (χ0n) is 13.6. The van der Waals surface area contributed by atoms with Gasteiger partial charge in [-0.2, -0.15) is 0 Å². The Morgan fingerprint density at radius 2 is 1.95 bits per heavy atom. The fourth-order valence-electron chi connectivity index (χ4n) is 2.99. The lowest BCUT2D eigenvalue weighted by Crippen LogP contribution is -2.40. The lowest BCUT2D eigenvalue weighted by atomic mass is 9.97. The first-order valence-corrected chi connectivity index (χ1v) is 8.73. The Morgan fingerprint density at radius 1 is 1.15 bits per heavy atom. The summed E-state index contributed by atoms with van der Waals surface area (Å²) >= 11 is 0. The summed E-state index contributed by atoms with van der Waals surface area (Å²) in [6.07, 6.45) is 11.2. The van der Waals surface area contributed by atoms with Gasteiger partial charge in [0.25, 0.3) is 0 Å². The molecule has 3 atom stereocenters. The van der Waals surface area contributed by atoms with Crippen molar-refractivity contribution in [3.05, 3.63) is 0 Å². The maximum Gasteiger partial charge on any atom is 0.0897 e. The highest BCUT2D eigenvalue weighted by molar-refractivity contribution is 4.77. The van der Waals surface area contributed by atoms with Crippen LogP contribution in [0.25, 0.3) is 0 Å². The maximum atomic E-state index is 9.95. The van der Waals surface area contributed by atoms with Gasteiger partial charge in [-0.05, 0) is 25.2 Å². The van der Waals surface area contributed by atoms with Crippen LogP contribution in [-0.4, -0.2) is 37.0 Å². The van der Waals surface area contributed by atoms with Gasteiger partial charge in [-0.1, -0.05) is 52.4 Å². The molecular weight excluding hydrogens is 250 g/mol. The smallest absolute Gasteiger partial charge is 0.0897 e. The molecule has 20 heavy (non-hydrogen) atoms. The maximum absolute atomic E-state index is 9.95. The van der Waals surface area contributed by atoms with E-state index < -0.39 is 0 Å². The fourth-order valence-corrected chi connectivity index (χ4v) is 2.99. The van der Waals surface area contributed by atoms with E-state index in [1.807, 2.05) is 0 Å². The summed E-state index contributed by atoms with van der Waals surface area (Å²) in [5.41, 5.74) is 0. The minimum Gasteiger partial charge on any atom is -0.389 e. The van der Waals surface area contributed by atoms with Crippen molar-refractivity contribution in [1.29, 1.82) is 0 Å². The Morgan fingerprint density at radius 3 is 2.75 bits per heavy atom. The molecule has 0 amide bonds. The van der Waals surface area contributed by atoms with Crippen LogP contribution in [0.15, 0.2) is 0 Å². The standard InChI is InChI=1S/C17H35NO2/c1-3-4-5-9-12-20-14-16(19)13-18-17-11-8-6-7-10-15(17)2/h15-19H,3-14H2,1-2H3. The summed E-state index contributed by atoms with van der Waals surface area (Å²) in [5, 5.41) is 13.5. The Kier molecular flexibility index (Phi) is 10.3. The molecule has 0 radical (unpaired) electrons. The van der Waals surface area contributed by atoms with E-state index in [1.54, 1.807) is 0 Å². The van der Waals surface area contributed by atoms with Gasteiger partial charge in [-0.15, -0.1) is 0 Å². The molecule has 1 fully saturated rings. The van der Waals surface area contributed by atoms with Crippen molar-refractivity contribution in [1.82, 2.24) is 5.32 Å². The van der Waals surface area contributed by atoms with Gasteiger partial charge in [0.1, 0.15) is 0 Å². The molecule has 3 nitrogen and oxygen atoms in total.